The van der Waals surface area contributed by atoms with Crippen LogP contribution in [-0.2, 0) is 17.1 Å². The van der Waals surface area contributed by atoms with E-state index in [1.165, 1.54) is 0 Å². The van der Waals surface area contributed by atoms with Gasteiger partial charge in [-0.25, -0.2) is 12.1 Å². The summed E-state index contributed by atoms with van der Waals surface area (Å²) in [6.45, 7) is 0. The minimum absolute atomic E-state index is 0. The van der Waals surface area contributed by atoms with Gasteiger partial charge < -0.3 is 39.4 Å². The first-order valence-corrected chi connectivity index (χ1v) is 11.5. The van der Waals surface area contributed by atoms with Gasteiger partial charge in [0.05, 0.1) is 0 Å². The minimum Gasteiger partial charge on any atom is -0.718 e. The Bertz CT molecular complexity index is 538. The van der Waals surface area contributed by atoms with Crippen LogP contribution in [0.1, 0.15) is 72.1 Å². The molecule has 0 atom stereocenters. The first-order chi connectivity index (χ1) is 12.7. The van der Waals surface area contributed by atoms with Crippen molar-refractivity contribution in [1.29, 1.82) is 0 Å². The number of ketones is 2. The van der Waals surface area contributed by atoms with Gasteiger partial charge in [-0.3, -0.25) is 5.78 Å². The first-order valence-electron chi connectivity index (χ1n) is 9.30. The fourth-order valence-corrected chi connectivity index (χ4v) is 3.32. The van der Waals surface area contributed by atoms with Crippen LogP contribution in [0.3, 0.4) is 0 Å². The Morgan fingerprint density at radius 3 is 1.70 bits per heavy atom. The van der Waals surface area contributed by atoms with E-state index in [2.05, 4.69) is 31.9 Å². The van der Waals surface area contributed by atoms with Crippen LogP contribution in [0, 0.1) is 0 Å². The van der Waals surface area contributed by atoms with Crippen molar-refractivity contribution in [3.05, 3.63) is 59.7 Å². The molecule has 0 amide bonds. The summed E-state index contributed by atoms with van der Waals surface area (Å²) in [6, 6.07) is 15.2. The summed E-state index contributed by atoms with van der Waals surface area (Å²) in [5.41, 5.74) is 1.72. The molecular weight excluding hydrogens is 512 g/mol. The Kier molecular flexibility index (Phi) is 17.3. The van der Waals surface area contributed by atoms with Crippen LogP contribution in [0.5, 0.6) is 0 Å². The van der Waals surface area contributed by atoms with Gasteiger partial charge in [0.2, 0.25) is 0 Å². The van der Waals surface area contributed by atoms with Gasteiger partial charge in [0.1, 0.15) is 5.78 Å². The summed E-state index contributed by atoms with van der Waals surface area (Å²) in [7, 11) is 0. The second-order valence-electron chi connectivity index (χ2n) is 6.19. The first kappa shape index (κ1) is 26.5. The van der Waals surface area contributed by atoms with Gasteiger partial charge in [-0.2, -0.15) is 12.1 Å². The molecular formula is C22H28Br2FeO2-6. The van der Waals surface area contributed by atoms with Gasteiger partial charge in [-0.15, -0.1) is 6.42 Å². The fourth-order valence-electron chi connectivity index (χ4n) is 2.52. The van der Waals surface area contributed by atoms with Crippen LogP contribution < -0.4 is 0 Å². The number of unbranched alkanes of at least 4 members (excludes halogenated alkanes) is 4. The van der Waals surface area contributed by atoms with E-state index in [9.17, 15) is 9.59 Å². The van der Waals surface area contributed by atoms with Crippen molar-refractivity contribution in [2.75, 3.05) is 10.7 Å². The third-order valence-electron chi connectivity index (χ3n) is 4.04. The summed E-state index contributed by atoms with van der Waals surface area (Å²) in [5, 5.41) is 2.08. The average molecular weight is 540 g/mol. The molecule has 0 radical (unpaired) electrons. The standard InChI is InChI=1S/2C11H14BrO.Fe/c2*12-9-5-1-2-8-11(13)10-6-3-4-7-10;/h2*3-4,6-7H,1-2,5,8-9H2;/q-5;-1;. The largest absolute Gasteiger partial charge is 0.718 e. The van der Waals surface area contributed by atoms with E-state index >= 15 is 0 Å². The number of alkyl halides is 2. The van der Waals surface area contributed by atoms with E-state index in [0.29, 0.717) is 12.8 Å². The van der Waals surface area contributed by atoms with E-state index in [0.717, 1.165) is 60.3 Å². The molecule has 0 aromatic heterocycles. The quantitative estimate of drug-likeness (QED) is 0.0949. The van der Waals surface area contributed by atoms with Gasteiger partial charge in [-0.1, -0.05) is 56.7 Å². The predicted octanol–water partition coefficient (Wildman–Crippen LogP) is 7.08. The molecule has 2 aromatic carbocycles. The van der Waals surface area contributed by atoms with Crippen molar-refractivity contribution < 1.29 is 26.7 Å². The SMILES string of the molecule is O=C(CCCCCBr)[c-]1[cH-][cH-][cH-][cH-]1.O=C(CCCCCBr)[c-]1cccc1.[Fe]. The van der Waals surface area contributed by atoms with Gasteiger partial charge in [-0.05, 0) is 25.7 Å². The number of carbonyl (C=O) groups excluding carboxylic acids is 2. The van der Waals surface area contributed by atoms with Gasteiger partial charge in [0.15, 0.2) is 0 Å². The predicted molar refractivity (Wildman–Crippen MR) is 117 cm³/mol. The molecule has 0 unspecified atom stereocenters. The van der Waals surface area contributed by atoms with E-state index in [4.69, 9.17) is 0 Å². The zero-order valence-corrected chi connectivity index (χ0v) is 19.9. The molecule has 0 bridgehead atoms. The van der Waals surface area contributed by atoms with Crippen LogP contribution in [0.2, 0.25) is 0 Å². The molecule has 2 rings (SSSR count). The molecule has 0 fully saturated rings. The Hall–Kier alpha value is -0.481. The molecule has 0 saturated carbocycles. The molecule has 156 valence electrons. The molecule has 0 aliphatic carbocycles. The number of halogens is 2. The monoisotopic (exact) mass is 538 g/mol. The van der Waals surface area contributed by atoms with Crippen molar-refractivity contribution in [2.45, 2.75) is 51.4 Å². The molecule has 5 heteroatoms. The van der Waals surface area contributed by atoms with Gasteiger partial charge in [0, 0.05) is 27.7 Å². The number of hydrogen-bond acceptors (Lipinski definition) is 2. The molecule has 27 heavy (non-hydrogen) atoms. The summed E-state index contributed by atoms with van der Waals surface area (Å²) in [6.07, 6.45) is 8.00. The molecule has 0 aliphatic heterocycles. The number of Topliss-reactive ketones (excluding diaryl/α,β-unsaturated/α-hetero) is 2. The zero-order chi connectivity index (χ0) is 19.0. The van der Waals surface area contributed by atoms with Crippen molar-refractivity contribution in [3.8, 4) is 0 Å². The van der Waals surface area contributed by atoms with Crippen LogP contribution in [0.4, 0.5) is 0 Å². The van der Waals surface area contributed by atoms with Gasteiger partial charge in [0.25, 0.3) is 0 Å². The Balaban J connectivity index is 0.000000483. The third kappa shape index (κ3) is 12.6. The van der Waals surface area contributed by atoms with E-state index in [-0.39, 0.29) is 28.6 Å². The Morgan fingerprint density at radius 2 is 1.22 bits per heavy atom. The van der Waals surface area contributed by atoms with E-state index in [1.807, 2.05) is 48.5 Å². The Morgan fingerprint density at radius 1 is 0.741 bits per heavy atom. The maximum absolute atomic E-state index is 11.5. The summed E-state index contributed by atoms with van der Waals surface area (Å²) in [5.74, 6) is 0.555. The molecule has 0 aliphatic rings. The van der Waals surface area contributed by atoms with Crippen molar-refractivity contribution in [2.24, 2.45) is 0 Å². The number of rotatable bonds is 12. The second kappa shape index (κ2) is 17.6. The summed E-state index contributed by atoms with van der Waals surface area (Å²) >= 11 is 6.74. The molecule has 2 nitrogen and oxygen atoms in total. The van der Waals surface area contributed by atoms with Crippen LogP contribution in [0.25, 0.3) is 0 Å². The normalized spacial score (nSPS) is 9.85. The topological polar surface area (TPSA) is 34.1 Å². The van der Waals surface area contributed by atoms with Gasteiger partial charge >= 0.3 is 0 Å². The van der Waals surface area contributed by atoms with Crippen LogP contribution in [-0.4, -0.2) is 22.2 Å². The maximum Gasteiger partial charge on any atom is 0.108 e. The van der Waals surface area contributed by atoms with Crippen LogP contribution in [0.15, 0.2) is 48.5 Å². The summed E-state index contributed by atoms with van der Waals surface area (Å²) in [4.78, 5) is 22.9. The van der Waals surface area contributed by atoms with Crippen molar-refractivity contribution in [3.63, 3.8) is 0 Å². The minimum atomic E-state index is 0. The third-order valence-corrected chi connectivity index (χ3v) is 5.17. The fraction of sp³-hybridized carbons (Fsp3) is 0.455. The maximum atomic E-state index is 11.5. The van der Waals surface area contributed by atoms with E-state index < -0.39 is 0 Å². The summed E-state index contributed by atoms with van der Waals surface area (Å²) < 4.78 is 0. The average Bonchev–Trinajstić information content (AvgIpc) is 3.36. The zero-order valence-electron chi connectivity index (χ0n) is 15.6. The van der Waals surface area contributed by atoms with Crippen molar-refractivity contribution >= 4 is 43.4 Å². The molecule has 0 N–H and O–H groups in total. The second-order valence-corrected chi connectivity index (χ2v) is 7.78. The van der Waals surface area contributed by atoms with E-state index in [1.54, 1.807) is 0 Å². The number of carbonyl (C=O) groups is 2. The molecule has 2 aromatic rings. The molecule has 0 spiro atoms. The smallest absolute Gasteiger partial charge is 0.108 e. The number of hydrogen-bond donors (Lipinski definition) is 0. The van der Waals surface area contributed by atoms with Crippen molar-refractivity contribution in [1.82, 2.24) is 0 Å². The Labute approximate surface area is 191 Å². The molecule has 0 saturated heterocycles. The van der Waals surface area contributed by atoms with Crippen LogP contribution >= 0.6 is 31.9 Å². The molecule has 0 heterocycles.